The van der Waals surface area contributed by atoms with Crippen molar-refractivity contribution in [3.05, 3.63) is 59.7 Å². The Morgan fingerprint density at radius 2 is 1.76 bits per heavy atom. The molecule has 2 aliphatic heterocycles. The summed E-state index contributed by atoms with van der Waals surface area (Å²) < 4.78 is 11.4. The molecule has 0 bridgehead atoms. The van der Waals surface area contributed by atoms with Crippen molar-refractivity contribution >= 4 is 34.5 Å². The molecule has 1 atom stereocenters. The molecule has 130 valence electrons. The Labute approximate surface area is 157 Å². The molecule has 0 radical (unpaired) electrons. The zero-order valence-electron chi connectivity index (χ0n) is 13.8. The Morgan fingerprint density at radius 1 is 1.08 bits per heavy atom. The van der Waals surface area contributed by atoms with E-state index in [2.05, 4.69) is 12.1 Å². The maximum Gasteiger partial charge on any atom is 0.139 e. The van der Waals surface area contributed by atoms with Gasteiger partial charge in [-0.05, 0) is 30.7 Å². The summed E-state index contributed by atoms with van der Waals surface area (Å²) in [5.41, 5.74) is 10.1. The first kappa shape index (κ1) is 17.0. The molecular weight excluding hydrogens is 354 g/mol. The van der Waals surface area contributed by atoms with E-state index in [1.165, 1.54) is 5.57 Å². The van der Waals surface area contributed by atoms with Crippen LogP contribution in [0.1, 0.15) is 17.5 Å². The molecule has 0 spiro atoms. The van der Waals surface area contributed by atoms with E-state index in [1.54, 1.807) is 11.8 Å². The number of fused-ring (bicyclic) bond motifs is 4. The van der Waals surface area contributed by atoms with Crippen molar-refractivity contribution in [2.75, 3.05) is 25.5 Å². The van der Waals surface area contributed by atoms with Gasteiger partial charge in [0.2, 0.25) is 0 Å². The van der Waals surface area contributed by atoms with Crippen molar-refractivity contribution in [2.24, 2.45) is 5.73 Å². The van der Waals surface area contributed by atoms with E-state index >= 15 is 0 Å². The third kappa shape index (κ3) is 3.08. The zero-order chi connectivity index (χ0) is 17.3. The highest BCUT2D eigenvalue weighted by Crippen LogP contribution is 2.58. The van der Waals surface area contributed by atoms with Crippen LogP contribution in [0.4, 0.5) is 0 Å². The molecule has 2 N–H and O–H groups in total. The lowest BCUT2D eigenvalue weighted by molar-refractivity contribution is 0.136. The lowest BCUT2D eigenvalue weighted by Crippen LogP contribution is -2.24. The fourth-order valence-corrected chi connectivity index (χ4v) is 4.99. The monoisotopic (exact) mass is 373 g/mol. The third-order valence-corrected chi connectivity index (χ3v) is 6.33. The van der Waals surface area contributed by atoms with E-state index in [0.717, 1.165) is 40.4 Å². The lowest BCUT2D eigenvalue weighted by Gasteiger charge is -2.25. The highest BCUT2D eigenvalue weighted by molar-refractivity contribution is 8.03. The number of hydrogen-bond donors (Lipinski definition) is 1. The SMILES string of the molecule is NCCCOCC1(Cl)SCC2=C1c1ccccc1Oc1ccccc12. The third-order valence-electron chi connectivity index (χ3n) is 4.49. The molecule has 25 heavy (non-hydrogen) atoms. The van der Waals surface area contributed by atoms with Gasteiger partial charge in [-0.25, -0.2) is 0 Å². The first-order valence-corrected chi connectivity index (χ1v) is 9.80. The second-order valence-electron chi connectivity index (χ2n) is 6.16. The number of halogens is 1. The molecule has 0 fully saturated rings. The Bertz CT molecular complexity index is 823. The van der Waals surface area contributed by atoms with Gasteiger partial charge in [0.15, 0.2) is 0 Å². The standard InChI is InChI=1S/C20H20ClNO2S/c21-20(13-23-11-5-10-22)19-15-7-2-4-9-18(15)24-17-8-3-1-6-14(17)16(19)12-25-20/h1-4,6-9H,5,10-13,22H2. The Kier molecular flexibility index (Phi) is 4.78. The normalized spacial score (nSPS) is 21.2. The Balaban J connectivity index is 1.80. The van der Waals surface area contributed by atoms with Gasteiger partial charge in [-0.1, -0.05) is 48.0 Å². The molecule has 3 nitrogen and oxygen atoms in total. The molecule has 0 saturated carbocycles. The van der Waals surface area contributed by atoms with Crippen LogP contribution in [0.2, 0.25) is 0 Å². The summed E-state index contributed by atoms with van der Waals surface area (Å²) in [4.78, 5) is 0. The number of hydrogen-bond acceptors (Lipinski definition) is 4. The molecule has 2 heterocycles. The molecule has 4 rings (SSSR count). The molecule has 5 heteroatoms. The van der Waals surface area contributed by atoms with Gasteiger partial charge in [-0.15, -0.1) is 11.8 Å². The number of ether oxygens (including phenoxy) is 2. The van der Waals surface area contributed by atoms with Crippen molar-refractivity contribution in [3.63, 3.8) is 0 Å². The summed E-state index contributed by atoms with van der Waals surface area (Å²) in [6.45, 7) is 1.71. The maximum absolute atomic E-state index is 7.08. The van der Waals surface area contributed by atoms with Crippen LogP contribution in [0.25, 0.3) is 11.1 Å². The highest BCUT2D eigenvalue weighted by Gasteiger charge is 2.44. The fourth-order valence-electron chi connectivity index (χ4n) is 3.32. The second kappa shape index (κ2) is 7.04. The van der Waals surface area contributed by atoms with Crippen LogP contribution in [-0.4, -0.2) is 29.7 Å². The molecule has 0 aromatic heterocycles. The molecule has 0 amide bonds. The zero-order valence-corrected chi connectivity index (χ0v) is 15.4. The van der Waals surface area contributed by atoms with Crippen LogP contribution in [-0.2, 0) is 4.74 Å². The van der Waals surface area contributed by atoms with Crippen molar-refractivity contribution < 1.29 is 9.47 Å². The van der Waals surface area contributed by atoms with Crippen LogP contribution in [0, 0.1) is 0 Å². The molecule has 1 unspecified atom stereocenters. The van der Waals surface area contributed by atoms with Crippen molar-refractivity contribution in [1.29, 1.82) is 0 Å². The molecule has 2 aliphatic rings. The topological polar surface area (TPSA) is 44.5 Å². The van der Waals surface area contributed by atoms with Crippen molar-refractivity contribution in [1.82, 2.24) is 0 Å². The summed E-state index contributed by atoms with van der Waals surface area (Å²) in [5, 5.41) is 0. The van der Waals surface area contributed by atoms with E-state index in [4.69, 9.17) is 26.8 Å². The number of rotatable bonds is 5. The van der Waals surface area contributed by atoms with Gasteiger partial charge in [0.25, 0.3) is 0 Å². The van der Waals surface area contributed by atoms with Crippen LogP contribution >= 0.6 is 23.4 Å². The summed E-state index contributed by atoms with van der Waals surface area (Å²) in [7, 11) is 0. The van der Waals surface area contributed by atoms with Crippen LogP contribution in [0.3, 0.4) is 0 Å². The largest absolute Gasteiger partial charge is 0.456 e. The average Bonchev–Trinajstić information content (AvgIpc) is 2.89. The van der Waals surface area contributed by atoms with E-state index in [9.17, 15) is 0 Å². The van der Waals surface area contributed by atoms with Crippen LogP contribution < -0.4 is 10.5 Å². The smallest absolute Gasteiger partial charge is 0.139 e. The number of benzene rings is 2. The van der Waals surface area contributed by atoms with Crippen molar-refractivity contribution in [3.8, 4) is 11.5 Å². The Morgan fingerprint density at radius 3 is 2.52 bits per heavy atom. The quantitative estimate of drug-likeness (QED) is 0.606. The molecular formula is C20H20ClNO2S. The number of para-hydroxylation sites is 2. The number of thioether (sulfide) groups is 1. The molecule has 2 aromatic carbocycles. The Hall–Kier alpha value is -1.46. The van der Waals surface area contributed by atoms with Gasteiger partial charge in [0.05, 0.1) is 6.61 Å². The summed E-state index contributed by atoms with van der Waals surface area (Å²) in [6, 6.07) is 16.3. The molecule has 0 saturated heterocycles. The minimum Gasteiger partial charge on any atom is -0.456 e. The lowest BCUT2D eigenvalue weighted by atomic mass is 9.93. The van der Waals surface area contributed by atoms with E-state index in [-0.39, 0.29) is 0 Å². The van der Waals surface area contributed by atoms with Crippen LogP contribution in [0.15, 0.2) is 48.5 Å². The summed E-state index contributed by atoms with van der Waals surface area (Å²) in [6.07, 6.45) is 0.839. The maximum atomic E-state index is 7.08. The van der Waals surface area contributed by atoms with Gasteiger partial charge in [-0.2, -0.15) is 0 Å². The van der Waals surface area contributed by atoms with E-state index in [0.29, 0.717) is 19.8 Å². The fraction of sp³-hybridized carbons (Fsp3) is 0.300. The van der Waals surface area contributed by atoms with Crippen LogP contribution in [0.5, 0.6) is 11.5 Å². The van der Waals surface area contributed by atoms with Gasteiger partial charge in [0.1, 0.15) is 15.7 Å². The highest BCUT2D eigenvalue weighted by atomic mass is 35.5. The molecule has 2 aromatic rings. The average molecular weight is 374 g/mol. The predicted octanol–water partition coefficient (Wildman–Crippen LogP) is 4.75. The van der Waals surface area contributed by atoms with E-state index < -0.39 is 4.21 Å². The summed E-state index contributed by atoms with van der Waals surface area (Å²) >= 11 is 8.81. The number of nitrogens with two attached hydrogens (primary N) is 1. The number of alkyl halides is 1. The van der Waals surface area contributed by atoms with Crippen molar-refractivity contribution in [2.45, 2.75) is 10.6 Å². The van der Waals surface area contributed by atoms with Gasteiger partial charge in [0, 0.05) is 29.1 Å². The molecule has 0 aliphatic carbocycles. The van der Waals surface area contributed by atoms with Gasteiger partial charge < -0.3 is 15.2 Å². The predicted molar refractivity (Wildman–Crippen MR) is 105 cm³/mol. The first-order chi connectivity index (χ1) is 12.2. The van der Waals surface area contributed by atoms with Gasteiger partial charge in [-0.3, -0.25) is 0 Å². The first-order valence-electron chi connectivity index (χ1n) is 8.44. The second-order valence-corrected chi connectivity index (χ2v) is 8.30. The minimum atomic E-state index is -0.610. The van der Waals surface area contributed by atoms with E-state index in [1.807, 2.05) is 36.4 Å². The minimum absolute atomic E-state index is 0.453. The van der Waals surface area contributed by atoms with Gasteiger partial charge >= 0.3 is 0 Å². The summed E-state index contributed by atoms with van der Waals surface area (Å²) in [5.74, 6) is 2.56.